The Kier molecular flexibility index (Phi) is 14.0. The molecule has 4 rings (SSSR count). The number of likely N-dealkylation sites (N-methyl/N-ethyl adjacent to an activating group) is 1. The first kappa shape index (κ1) is 41.2. The van der Waals surface area contributed by atoms with Gasteiger partial charge in [0.2, 0.25) is 17.3 Å². The van der Waals surface area contributed by atoms with Gasteiger partial charge < -0.3 is 32.3 Å². The van der Waals surface area contributed by atoms with Crippen LogP contribution in [0.5, 0.6) is 0 Å². The predicted octanol–water partition coefficient (Wildman–Crippen LogP) is 4.74. The van der Waals surface area contributed by atoms with Gasteiger partial charge in [-0.1, -0.05) is 42.5 Å². The molecule has 9 nitrogen and oxygen atoms in total. The molecule has 0 spiro atoms. The summed E-state index contributed by atoms with van der Waals surface area (Å²) in [4.78, 5) is 27.2. The first-order valence-electron chi connectivity index (χ1n) is 17.4. The van der Waals surface area contributed by atoms with E-state index in [0.29, 0.717) is 66.9 Å². The number of halogens is 6. The van der Waals surface area contributed by atoms with E-state index in [1.165, 1.54) is 24.3 Å². The Hall–Kier alpha value is -4.57. The van der Waals surface area contributed by atoms with Gasteiger partial charge in [0.1, 0.15) is 11.7 Å². The molecule has 2 amide bonds. The summed E-state index contributed by atoms with van der Waals surface area (Å²) >= 11 is 0. The van der Waals surface area contributed by atoms with Crippen molar-refractivity contribution in [1.29, 1.82) is 0 Å². The number of nitrogens with zero attached hydrogens (tertiary/aromatic N) is 2. The lowest BCUT2D eigenvalue weighted by Gasteiger charge is -2.34. The summed E-state index contributed by atoms with van der Waals surface area (Å²) in [5.41, 5.74) is 18.2. The van der Waals surface area contributed by atoms with Gasteiger partial charge in [-0.15, -0.1) is 0 Å². The van der Waals surface area contributed by atoms with E-state index < -0.39 is 47.4 Å². The van der Waals surface area contributed by atoms with E-state index >= 15 is 0 Å². The molecular formula is C38H47F6N7O2+2. The molecule has 8 N–H and O–H groups in total. The minimum atomic E-state index is -4.55. The fourth-order valence-corrected chi connectivity index (χ4v) is 6.28. The molecule has 53 heavy (non-hydrogen) atoms. The molecule has 1 aromatic heterocycles. The number of quaternary nitrogens is 1. The van der Waals surface area contributed by atoms with Crippen LogP contribution in [0.4, 0.5) is 32.0 Å². The third-order valence-corrected chi connectivity index (χ3v) is 9.25. The van der Waals surface area contributed by atoms with Gasteiger partial charge in [0.15, 0.2) is 12.7 Å². The Morgan fingerprint density at radius 3 is 2.08 bits per heavy atom. The van der Waals surface area contributed by atoms with Gasteiger partial charge >= 0.3 is 12.4 Å². The van der Waals surface area contributed by atoms with Crippen LogP contribution < -0.4 is 32.4 Å². The number of benzene rings is 3. The maximum atomic E-state index is 13.9. The standard InChI is InChI=1S/C38H45F6N7O2/c1-51(20-17-45,21-18-46)19-5-9-32(47)35(52)49-33(16-13-26-6-4-8-30(22-26)38(42,43)44)36(53)48-31-23-28-7-2-3-10-34(28)50(25-31)24-27-11-14-29(15-12-27)37(39,40)41/h2-4,6-8,10-12,14-15,22-23,25,32-33H,5,9,13,16-21,24,45-47H2,1H3/p+2/t32-,33+/m0/s1. The van der Waals surface area contributed by atoms with Crippen LogP contribution in [0.1, 0.15) is 41.5 Å². The molecule has 1 heterocycles. The summed E-state index contributed by atoms with van der Waals surface area (Å²) in [5.74, 6) is -1.21. The van der Waals surface area contributed by atoms with Crippen LogP contribution in [0.15, 0.2) is 85.1 Å². The number of fused-ring (bicyclic) bond motifs is 1. The maximum absolute atomic E-state index is 13.9. The predicted molar refractivity (Wildman–Crippen MR) is 191 cm³/mol. The lowest BCUT2D eigenvalue weighted by atomic mass is 10.0. The topological polar surface area (TPSA) is 140 Å². The molecule has 0 fully saturated rings. The highest BCUT2D eigenvalue weighted by Gasteiger charge is 2.32. The molecule has 0 aliphatic carbocycles. The zero-order valence-electron chi connectivity index (χ0n) is 29.5. The lowest BCUT2D eigenvalue weighted by Crippen LogP contribution is -2.52. The minimum Gasteiger partial charge on any atom is -0.343 e. The Morgan fingerprint density at radius 1 is 0.774 bits per heavy atom. The van der Waals surface area contributed by atoms with Crippen LogP contribution in [0.2, 0.25) is 0 Å². The third-order valence-electron chi connectivity index (χ3n) is 9.25. The molecule has 0 radical (unpaired) electrons. The van der Waals surface area contributed by atoms with E-state index in [1.54, 1.807) is 22.9 Å². The molecular weight excluding hydrogens is 700 g/mol. The number of pyridine rings is 1. The Balaban J connectivity index is 1.55. The van der Waals surface area contributed by atoms with Crippen LogP contribution in [0.3, 0.4) is 0 Å². The summed E-state index contributed by atoms with van der Waals surface area (Å²) < 4.78 is 82.1. The Labute approximate surface area is 304 Å². The first-order chi connectivity index (χ1) is 25.0. The molecule has 286 valence electrons. The number of aryl methyl sites for hydroxylation is 1. The number of para-hydroxylation sites is 1. The van der Waals surface area contributed by atoms with E-state index in [4.69, 9.17) is 17.2 Å². The van der Waals surface area contributed by atoms with E-state index in [-0.39, 0.29) is 19.4 Å². The number of rotatable bonds is 17. The third kappa shape index (κ3) is 12.0. The second-order valence-corrected chi connectivity index (χ2v) is 13.5. The monoisotopic (exact) mass is 747 g/mol. The van der Waals surface area contributed by atoms with Gasteiger partial charge in [-0.2, -0.15) is 30.9 Å². The van der Waals surface area contributed by atoms with Crippen molar-refractivity contribution in [2.45, 2.75) is 56.7 Å². The van der Waals surface area contributed by atoms with E-state index in [2.05, 4.69) is 10.6 Å². The fourth-order valence-electron chi connectivity index (χ4n) is 6.28. The molecule has 0 bridgehead atoms. The van der Waals surface area contributed by atoms with Crippen LogP contribution in [-0.2, 0) is 34.9 Å². The summed E-state index contributed by atoms with van der Waals surface area (Å²) in [6.45, 7) is 3.21. The molecule has 0 aliphatic rings. The molecule has 3 aromatic carbocycles. The number of hydrogen-bond acceptors (Lipinski definition) is 5. The average Bonchev–Trinajstić information content (AvgIpc) is 3.09. The number of carbonyl (C=O) groups excluding carboxylic acids is 2. The quantitative estimate of drug-likeness (QED) is 0.0604. The van der Waals surface area contributed by atoms with Crippen LogP contribution >= 0.6 is 0 Å². The van der Waals surface area contributed by atoms with Crippen molar-refractivity contribution < 1.29 is 45.0 Å². The highest BCUT2D eigenvalue weighted by molar-refractivity contribution is 5.98. The molecule has 0 aliphatic heterocycles. The van der Waals surface area contributed by atoms with Gasteiger partial charge in [-0.25, -0.2) is 0 Å². The van der Waals surface area contributed by atoms with Crippen molar-refractivity contribution >= 4 is 28.4 Å². The summed E-state index contributed by atoms with van der Waals surface area (Å²) in [6.07, 6.45) is -6.50. The van der Waals surface area contributed by atoms with E-state index in [0.717, 1.165) is 35.2 Å². The number of hydrogen-bond donors (Lipinski definition) is 5. The average molecular weight is 748 g/mol. The van der Waals surface area contributed by atoms with Crippen molar-refractivity contribution in [3.8, 4) is 0 Å². The van der Waals surface area contributed by atoms with Gasteiger partial charge in [0.25, 0.3) is 0 Å². The van der Waals surface area contributed by atoms with Gasteiger partial charge in [-0.05, 0) is 61.6 Å². The normalized spacial score (nSPS) is 13.5. The highest BCUT2D eigenvalue weighted by Crippen LogP contribution is 2.30. The smallest absolute Gasteiger partial charge is 0.343 e. The zero-order valence-corrected chi connectivity index (χ0v) is 29.5. The molecule has 0 saturated carbocycles. The Bertz CT molecular complexity index is 1830. The van der Waals surface area contributed by atoms with Crippen molar-refractivity contribution in [1.82, 2.24) is 5.32 Å². The number of carbonyl (C=O) groups is 2. The number of alkyl halides is 6. The van der Waals surface area contributed by atoms with E-state index in [9.17, 15) is 35.9 Å². The minimum absolute atomic E-state index is 0.0350. The molecule has 0 saturated heterocycles. The van der Waals surface area contributed by atoms with Crippen molar-refractivity contribution in [2.75, 3.05) is 45.1 Å². The number of aromatic nitrogens is 1. The second kappa shape index (κ2) is 18.0. The number of amides is 2. The SMILES string of the molecule is C[N+](CCN)(CCN)CCC[C@H](N)C(=O)N[C@H](CCc1cccc(C(F)(F)F)c1)C(=O)Nc1cc2ccccc2[n+](Cc2ccc(C(F)(F)F)cc2)c1. The maximum Gasteiger partial charge on any atom is 0.416 e. The first-order valence-corrected chi connectivity index (χ1v) is 17.4. The molecule has 4 aromatic rings. The van der Waals surface area contributed by atoms with Crippen molar-refractivity contribution in [2.24, 2.45) is 17.2 Å². The summed E-state index contributed by atoms with van der Waals surface area (Å²) in [5, 5.41) is 6.26. The van der Waals surface area contributed by atoms with Crippen LogP contribution in [-0.4, -0.2) is 68.2 Å². The van der Waals surface area contributed by atoms with Crippen LogP contribution in [0.25, 0.3) is 10.9 Å². The number of nitrogens with one attached hydrogen (secondary N) is 2. The fraction of sp³-hybridized carbons (Fsp3) is 0.395. The zero-order chi connectivity index (χ0) is 38.8. The molecule has 15 heteroatoms. The summed E-state index contributed by atoms with van der Waals surface area (Å²) in [6, 6.07) is 16.4. The van der Waals surface area contributed by atoms with Crippen LogP contribution in [0, 0.1) is 0 Å². The van der Waals surface area contributed by atoms with Crippen molar-refractivity contribution in [3.63, 3.8) is 0 Å². The second-order valence-electron chi connectivity index (χ2n) is 13.5. The molecule has 0 unspecified atom stereocenters. The van der Waals surface area contributed by atoms with Gasteiger partial charge in [0.05, 0.1) is 43.9 Å². The Morgan fingerprint density at radius 2 is 1.43 bits per heavy atom. The largest absolute Gasteiger partial charge is 0.416 e. The number of anilines is 1. The molecule has 2 atom stereocenters. The van der Waals surface area contributed by atoms with Crippen molar-refractivity contribution in [3.05, 3.63) is 107 Å². The van der Waals surface area contributed by atoms with Gasteiger partial charge in [0, 0.05) is 30.1 Å². The van der Waals surface area contributed by atoms with Gasteiger partial charge in [-0.3, -0.25) is 9.59 Å². The summed E-state index contributed by atoms with van der Waals surface area (Å²) in [7, 11) is 2.03. The van der Waals surface area contributed by atoms with E-state index in [1.807, 2.05) is 25.2 Å². The lowest BCUT2D eigenvalue weighted by molar-refractivity contribution is -0.907. The highest BCUT2D eigenvalue weighted by atomic mass is 19.4. The number of nitrogens with two attached hydrogens (primary N) is 3.